The van der Waals surface area contributed by atoms with Crippen LogP contribution in [0.25, 0.3) is 6.08 Å². The highest BCUT2D eigenvalue weighted by Crippen LogP contribution is 2.39. The summed E-state index contributed by atoms with van der Waals surface area (Å²) in [4.78, 5) is 10.8. The number of halogens is 2. The summed E-state index contributed by atoms with van der Waals surface area (Å²) in [5, 5.41) is 3.02. The molecule has 0 saturated carbocycles. The van der Waals surface area contributed by atoms with E-state index in [9.17, 15) is 4.79 Å². The second-order valence-corrected chi connectivity index (χ2v) is 5.22. The van der Waals surface area contributed by atoms with Crippen LogP contribution in [0.15, 0.2) is 29.8 Å². The monoisotopic (exact) mass is 271 g/mol. The van der Waals surface area contributed by atoms with E-state index in [0.717, 1.165) is 17.5 Å². The molecule has 0 spiro atoms. The number of nitrogens with one attached hydrogen (secondary N) is 1. The summed E-state index contributed by atoms with van der Waals surface area (Å²) in [7, 11) is 0. The summed E-state index contributed by atoms with van der Waals surface area (Å²) in [5.41, 5.74) is 2.34. The zero-order chi connectivity index (χ0) is 10.2. The first kappa shape index (κ1) is 9.74. The number of alkyl halides is 2. The van der Waals surface area contributed by atoms with Crippen LogP contribution in [0.2, 0.25) is 0 Å². The average molecular weight is 273 g/mol. The number of hydrogen-bond acceptors (Lipinski definition) is 2. The molecule has 1 aliphatic heterocycles. The summed E-state index contributed by atoms with van der Waals surface area (Å²) in [5.74, 6) is 0. The van der Waals surface area contributed by atoms with Gasteiger partial charge in [0.25, 0.3) is 0 Å². The molecule has 4 heteroatoms. The Bertz CT molecular complexity index is 414. The highest BCUT2D eigenvalue weighted by molar-refractivity contribution is 9.10. The van der Waals surface area contributed by atoms with E-state index in [-0.39, 0.29) is 0 Å². The fourth-order valence-corrected chi connectivity index (χ4v) is 1.97. The third-order valence-electron chi connectivity index (χ3n) is 2.05. The molecule has 72 valence electrons. The molecule has 1 unspecified atom stereocenters. The SMILES string of the molecule is O=CC1=Cc2ccccc2NC1(Cl)Br. The molecule has 0 amide bonds. The van der Waals surface area contributed by atoms with Crippen molar-refractivity contribution in [3.8, 4) is 0 Å². The normalized spacial score (nSPS) is 24.6. The maximum atomic E-state index is 10.8. The minimum atomic E-state index is -0.983. The number of benzene rings is 1. The summed E-state index contributed by atoms with van der Waals surface area (Å²) in [6.45, 7) is 0. The number of para-hydroxylation sites is 1. The predicted octanol–water partition coefficient (Wildman–Crippen LogP) is 2.98. The molecule has 1 heterocycles. The Labute approximate surface area is 95.1 Å². The fourth-order valence-electron chi connectivity index (χ4n) is 1.34. The smallest absolute Gasteiger partial charge is 0.197 e. The first-order chi connectivity index (χ1) is 6.63. The second-order valence-electron chi connectivity index (χ2n) is 3.00. The number of anilines is 1. The lowest BCUT2D eigenvalue weighted by Crippen LogP contribution is -2.30. The van der Waals surface area contributed by atoms with E-state index in [4.69, 9.17) is 11.6 Å². The lowest BCUT2D eigenvalue weighted by Gasteiger charge is -2.28. The molecule has 2 rings (SSSR count). The summed E-state index contributed by atoms with van der Waals surface area (Å²) in [6.07, 6.45) is 2.51. The van der Waals surface area contributed by atoms with Gasteiger partial charge in [0.05, 0.1) is 0 Å². The maximum absolute atomic E-state index is 10.8. The molecule has 0 aliphatic carbocycles. The van der Waals surface area contributed by atoms with E-state index >= 15 is 0 Å². The van der Waals surface area contributed by atoms with E-state index in [0.29, 0.717) is 5.57 Å². The maximum Gasteiger partial charge on any atom is 0.197 e. The molecule has 1 aromatic carbocycles. The van der Waals surface area contributed by atoms with Crippen molar-refractivity contribution in [3.05, 3.63) is 35.4 Å². The Balaban J connectivity index is 2.55. The van der Waals surface area contributed by atoms with E-state index in [1.54, 1.807) is 6.08 Å². The molecule has 0 saturated heterocycles. The topological polar surface area (TPSA) is 29.1 Å². The van der Waals surface area contributed by atoms with Gasteiger partial charge in [0.2, 0.25) is 0 Å². The minimum Gasteiger partial charge on any atom is -0.354 e. The number of carbonyl (C=O) groups is 1. The van der Waals surface area contributed by atoms with Crippen molar-refractivity contribution in [3.63, 3.8) is 0 Å². The molecule has 1 aromatic rings. The zero-order valence-corrected chi connectivity index (χ0v) is 9.47. The molecular formula is C10H7BrClNO. The lowest BCUT2D eigenvalue weighted by molar-refractivity contribution is -0.104. The van der Waals surface area contributed by atoms with Crippen molar-refractivity contribution in [2.24, 2.45) is 0 Å². The molecule has 0 fully saturated rings. The Morgan fingerprint density at radius 3 is 2.86 bits per heavy atom. The van der Waals surface area contributed by atoms with Gasteiger partial charge in [-0.15, -0.1) is 0 Å². The highest BCUT2D eigenvalue weighted by Gasteiger charge is 2.31. The van der Waals surface area contributed by atoms with Crippen LogP contribution in [0.3, 0.4) is 0 Å². The van der Waals surface area contributed by atoms with Gasteiger partial charge in [-0.2, -0.15) is 0 Å². The number of aldehydes is 1. The third-order valence-corrected chi connectivity index (χ3v) is 3.02. The Kier molecular flexibility index (Phi) is 2.37. The molecular weight excluding hydrogens is 265 g/mol. The Morgan fingerprint density at radius 1 is 1.43 bits per heavy atom. The Morgan fingerprint density at radius 2 is 2.14 bits per heavy atom. The van der Waals surface area contributed by atoms with Crippen LogP contribution in [0.4, 0.5) is 5.69 Å². The van der Waals surface area contributed by atoms with Gasteiger partial charge in [-0.05, 0) is 33.6 Å². The molecule has 1 aliphatic rings. The highest BCUT2D eigenvalue weighted by atomic mass is 79.9. The van der Waals surface area contributed by atoms with Crippen molar-refractivity contribution >= 4 is 45.6 Å². The van der Waals surface area contributed by atoms with Gasteiger partial charge >= 0.3 is 0 Å². The summed E-state index contributed by atoms with van der Waals surface area (Å²) in [6, 6.07) is 7.65. The minimum absolute atomic E-state index is 0.470. The van der Waals surface area contributed by atoms with Crippen LogP contribution in [0.5, 0.6) is 0 Å². The number of hydrogen-bond donors (Lipinski definition) is 1. The number of carbonyl (C=O) groups excluding carboxylic acids is 1. The fraction of sp³-hybridized carbons (Fsp3) is 0.100. The molecule has 1 N–H and O–H groups in total. The zero-order valence-electron chi connectivity index (χ0n) is 7.13. The largest absolute Gasteiger partial charge is 0.354 e. The third kappa shape index (κ3) is 1.57. The van der Waals surface area contributed by atoms with Crippen molar-refractivity contribution in [2.75, 3.05) is 5.32 Å². The predicted molar refractivity (Wildman–Crippen MR) is 61.6 cm³/mol. The van der Waals surface area contributed by atoms with Crippen LogP contribution in [-0.2, 0) is 4.79 Å². The Hall–Kier alpha value is -0.800. The van der Waals surface area contributed by atoms with Crippen LogP contribution in [-0.4, -0.2) is 10.2 Å². The van der Waals surface area contributed by atoms with Gasteiger partial charge in [-0.1, -0.05) is 29.8 Å². The number of rotatable bonds is 1. The standard InChI is InChI=1S/C10H7BrClNO/c11-10(12)8(6-14)5-7-3-1-2-4-9(7)13-10/h1-6,13H. The van der Waals surface area contributed by atoms with Crippen LogP contribution in [0, 0.1) is 0 Å². The van der Waals surface area contributed by atoms with Gasteiger partial charge < -0.3 is 5.32 Å². The average Bonchev–Trinajstić information content (AvgIpc) is 2.15. The summed E-state index contributed by atoms with van der Waals surface area (Å²) < 4.78 is -0.983. The molecule has 1 atom stereocenters. The van der Waals surface area contributed by atoms with Crippen LogP contribution in [0.1, 0.15) is 5.56 Å². The van der Waals surface area contributed by atoms with Crippen molar-refractivity contribution in [1.82, 2.24) is 0 Å². The molecule has 0 bridgehead atoms. The van der Waals surface area contributed by atoms with Gasteiger partial charge in [-0.3, -0.25) is 4.79 Å². The van der Waals surface area contributed by atoms with Crippen molar-refractivity contribution in [2.45, 2.75) is 3.91 Å². The quantitative estimate of drug-likeness (QED) is 0.484. The second kappa shape index (κ2) is 3.41. The van der Waals surface area contributed by atoms with Gasteiger partial charge in [-0.25, -0.2) is 0 Å². The lowest BCUT2D eigenvalue weighted by atomic mass is 10.1. The molecule has 0 radical (unpaired) electrons. The van der Waals surface area contributed by atoms with E-state index in [1.165, 1.54) is 0 Å². The van der Waals surface area contributed by atoms with E-state index in [2.05, 4.69) is 21.2 Å². The molecule has 14 heavy (non-hydrogen) atoms. The first-order valence-corrected chi connectivity index (χ1v) is 5.23. The van der Waals surface area contributed by atoms with Crippen molar-refractivity contribution in [1.29, 1.82) is 0 Å². The van der Waals surface area contributed by atoms with Crippen LogP contribution >= 0.6 is 27.5 Å². The first-order valence-electron chi connectivity index (χ1n) is 4.06. The molecule has 0 aromatic heterocycles. The van der Waals surface area contributed by atoms with E-state index in [1.807, 2.05) is 24.3 Å². The van der Waals surface area contributed by atoms with Gasteiger partial charge in [0, 0.05) is 11.3 Å². The summed E-state index contributed by atoms with van der Waals surface area (Å²) >= 11 is 9.32. The van der Waals surface area contributed by atoms with Gasteiger partial charge in [0.15, 0.2) is 10.2 Å². The van der Waals surface area contributed by atoms with Gasteiger partial charge in [0.1, 0.15) is 0 Å². The number of fused-ring (bicyclic) bond motifs is 1. The van der Waals surface area contributed by atoms with Crippen molar-refractivity contribution < 1.29 is 4.79 Å². The van der Waals surface area contributed by atoms with Crippen LogP contribution < -0.4 is 5.32 Å². The van der Waals surface area contributed by atoms with E-state index < -0.39 is 3.91 Å². The molecule has 2 nitrogen and oxygen atoms in total.